The molecule has 0 unspecified atom stereocenters. The number of nitrogens with one attached hydrogen (secondary N) is 2. The van der Waals surface area contributed by atoms with Gasteiger partial charge in [0.25, 0.3) is 0 Å². The molecule has 0 bridgehead atoms. The minimum Gasteiger partial charge on any atom is -0.380 e. The van der Waals surface area contributed by atoms with Gasteiger partial charge in [0, 0.05) is 26.3 Å². The number of likely N-dealkylation sites (N-methyl/N-ethyl adjacent to an activating group) is 2. The van der Waals surface area contributed by atoms with Gasteiger partial charge < -0.3 is 20.1 Å². The summed E-state index contributed by atoms with van der Waals surface area (Å²) in [6, 6.07) is 0. The van der Waals surface area contributed by atoms with Crippen LogP contribution in [0.4, 0.5) is 0 Å². The first kappa shape index (κ1) is 14.8. The zero-order valence-corrected chi connectivity index (χ0v) is 10.2. The van der Waals surface area contributed by atoms with Gasteiger partial charge in [0.15, 0.2) is 0 Å². The summed E-state index contributed by atoms with van der Waals surface area (Å²) in [5.74, 6) is 0. The molecule has 0 aromatic rings. The fourth-order valence-corrected chi connectivity index (χ4v) is 1.14. The summed E-state index contributed by atoms with van der Waals surface area (Å²) >= 11 is 0. The Bertz CT molecular complexity index is 101. The Hall–Kier alpha value is -0.160. The molecule has 0 saturated heterocycles. The Morgan fingerprint density at radius 3 is 1.53 bits per heavy atom. The quantitative estimate of drug-likeness (QED) is 0.472. The van der Waals surface area contributed by atoms with E-state index in [9.17, 15) is 0 Å². The number of ether oxygens (including phenoxy) is 2. The molecule has 4 nitrogen and oxygen atoms in total. The Balaban J connectivity index is 2.81. The lowest BCUT2D eigenvalue weighted by Gasteiger charge is -2.05. The van der Waals surface area contributed by atoms with Crippen LogP contribution in [0.5, 0.6) is 0 Å². The van der Waals surface area contributed by atoms with Crippen molar-refractivity contribution in [2.45, 2.75) is 19.3 Å². The van der Waals surface area contributed by atoms with Gasteiger partial charge in [0.05, 0.1) is 13.2 Å². The van der Waals surface area contributed by atoms with Crippen LogP contribution in [0.25, 0.3) is 0 Å². The third-order valence-corrected chi connectivity index (χ3v) is 2.07. The molecular weight excluding hydrogens is 192 g/mol. The van der Waals surface area contributed by atoms with Gasteiger partial charge in [-0.05, 0) is 33.4 Å². The highest BCUT2D eigenvalue weighted by atomic mass is 16.5. The van der Waals surface area contributed by atoms with Crippen molar-refractivity contribution >= 4 is 0 Å². The molecule has 15 heavy (non-hydrogen) atoms. The molecule has 2 N–H and O–H groups in total. The molecule has 0 spiro atoms. The topological polar surface area (TPSA) is 42.5 Å². The summed E-state index contributed by atoms with van der Waals surface area (Å²) in [6.45, 7) is 5.25. The van der Waals surface area contributed by atoms with Crippen molar-refractivity contribution in [2.75, 3.05) is 53.6 Å². The van der Waals surface area contributed by atoms with Gasteiger partial charge in [-0.25, -0.2) is 0 Å². The molecule has 4 heteroatoms. The molecular formula is C11H26N2O2. The summed E-state index contributed by atoms with van der Waals surface area (Å²) in [5.41, 5.74) is 0. The highest BCUT2D eigenvalue weighted by molar-refractivity contribution is 4.43. The van der Waals surface area contributed by atoms with E-state index in [2.05, 4.69) is 10.6 Å². The summed E-state index contributed by atoms with van der Waals surface area (Å²) in [6.07, 6.45) is 3.47. The van der Waals surface area contributed by atoms with E-state index in [1.54, 1.807) is 0 Å². The van der Waals surface area contributed by atoms with Crippen molar-refractivity contribution in [3.05, 3.63) is 0 Å². The fourth-order valence-electron chi connectivity index (χ4n) is 1.14. The molecule has 0 rings (SSSR count). The smallest absolute Gasteiger partial charge is 0.0590 e. The molecule has 0 aromatic heterocycles. The van der Waals surface area contributed by atoms with Crippen LogP contribution in [0.2, 0.25) is 0 Å². The normalized spacial score (nSPS) is 10.8. The van der Waals surface area contributed by atoms with Crippen molar-refractivity contribution in [2.24, 2.45) is 0 Å². The number of hydrogen-bond acceptors (Lipinski definition) is 4. The van der Waals surface area contributed by atoms with Gasteiger partial charge in [-0.15, -0.1) is 0 Å². The highest BCUT2D eigenvalue weighted by Gasteiger charge is 1.91. The SMILES string of the molecule is CNCCOCCCCCOCCNC. The summed E-state index contributed by atoms with van der Waals surface area (Å²) in [7, 11) is 3.87. The molecule has 0 radical (unpaired) electrons. The predicted octanol–water partition coefficient (Wildman–Crippen LogP) is 0.629. The number of unbranched alkanes of at least 4 members (excludes halogenated alkanes) is 2. The molecule has 0 aromatic carbocycles. The average Bonchev–Trinajstić information content (AvgIpc) is 2.26. The summed E-state index contributed by atoms with van der Waals surface area (Å²) in [5, 5.41) is 6.10. The standard InChI is InChI=1S/C11H26N2O2/c1-12-6-10-14-8-4-3-5-9-15-11-7-13-2/h12-13H,3-11H2,1-2H3. The third kappa shape index (κ3) is 13.8. The van der Waals surface area contributed by atoms with Crippen molar-refractivity contribution < 1.29 is 9.47 Å². The number of hydrogen-bond donors (Lipinski definition) is 2. The van der Waals surface area contributed by atoms with Crippen molar-refractivity contribution in [3.8, 4) is 0 Å². The van der Waals surface area contributed by atoms with E-state index in [4.69, 9.17) is 9.47 Å². The van der Waals surface area contributed by atoms with Gasteiger partial charge in [0.2, 0.25) is 0 Å². The third-order valence-electron chi connectivity index (χ3n) is 2.07. The van der Waals surface area contributed by atoms with E-state index < -0.39 is 0 Å². The molecule has 0 aliphatic rings. The van der Waals surface area contributed by atoms with Crippen LogP contribution >= 0.6 is 0 Å². The van der Waals surface area contributed by atoms with Gasteiger partial charge >= 0.3 is 0 Å². The Kier molecular flexibility index (Phi) is 13.7. The van der Waals surface area contributed by atoms with Gasteiger partial charge in [0.1, 0.15) is 0 Å². The molecule has 0 aliphatic carbocycles. The summed E-state index contributed by atoms with van der Waals surface area (Å²) in [4.78, 5) is 0. The highest BCUT2D eigenvalue weighted by Crippen LogP contribution is 1.96. The predicted molar refractivity (Wildman–Crippen MR) is 63.3 cm³/mol. The molecule has 0 fully saturated rings. The summed E-state index contributed by atoms with van der Waals surface area (Å²) < 4.78 is 10.8. The lowest BCUT2D eigenvalue weighted by Crippen LogP contribution is -2.15. The van der Waals surface area contributed by atoms with Crippen LogP contribution in [0.1, 0.15) is 19.3 Å². The largest absolute Gasteiger partial charge is 0.380 e. The molecule has 0 aliphatic heterocycles. The van der Waals surface area contributed by atoms with E-state index in [1.807, 2.05) is 14.1 Å². The lowest BCUT2D eigenvalue weighted by atomic mass is 10.2. The van der Waals surface area contributed by atoms with Crippen LogP contribution in [-0.4, -0.2) is 53.6 Å². The second-order valence-corrected chi connectivity index (χ2v) is 3.49. The molecule has 92 valence electrons. The van der Waals surface area contributed by atoms with Crippen LogP contribution in [0.3, 0.4) is 0 Å². The first-order valence-corrected chi connectivity index (χ1v) is 5.86. The fraction of sp³-hybridized carbons (Fsp3) is 1.00. The zero-order valence-electron chi connectivity index (χ0n) is 10.2. The minimum absolute atomic E-state index is 0.815. The molecule has 0 amide bonds. The zero-order chi connectivity index (χ0) is 11.2. The molecule has 0 saturated carbocycles. The number of rotatable bonds is 12. The first-order chi connectivity index (χ1) is 7.41. The van der Waals surface area contributed by atoms with E-state index in [-0.39, 0.29) is 0 Å². The van der Waals surface area contributed by atoms with E-state index in [0.29, 0.717) is 0 Å². The van der Waals surface area contributed by atoms with Crippen LogP contribution in [0, 0.1) is 0 Å². The molecule has 0 heterocycles. The first-order valence-electron chi connectivity index (χ1n) is 5.86. The van der Waals surface area contributed by atoms with E-state index in [0.717, 1.165) is 52.4 Å². The van der Waals surface area contributed by atoms with Crippen LogP contribution in [-0.2, 0) is 9.47 Å². The Labute approximate surface area is 93.7 Å². The Morgan fingerprint density at radius 1 is 0.667 bits per heavy atom. The van der Waals surface area contributed by atoms with Gasteiger partial charge in [-0.3, -0.25) is 0 Å². The van der Waals surface area contributed by atoms with Crippen LogP contribution < -0.4 is 10.6 Å². The van der Waals surface area contributed by atoms with Crippen molar-refractivity contribution in [1.82, 2.24) is 10.6 Å². The average molecular weight is 218 g/mol. The second-order valence-electron chi connectivity index (χ2n) is 3.49. The van der Waals surface area contributed by atoms with Gasteiger partial charge in [-0.2, -0.15) is 0 Å². The lowest BCUT2D eigenvalue weighted by molar-refractivity contribution is 0.117. The second kappa shape index (κ2) is 13.8. The van der Waals surface area contributed by atoms with Gasteiger partial charge in [-0.1, -0.05) is 0 Å². The van der Waals surface area contributed by atoms with Crippen molar-refractivity contribution in [1.29, 1.82) is 0 Å². The van der Waals surface area contributed by atoms with E-state index in [1.165, 1.54) is 6.42 Å². The van der Waals surface area contributed by atoms with Crippen molar-refractivity contribution in [3.63, 3.8) is 0 Å². The maximum absolute atomic E-state index is 5.41. The molecule has 0 atom stereocenters. The minimum atomic E-state index is 0.815. The van der Waals surface area contributed by atoms with E-state index >= 15 is 0 Å². The van der Waals surface area contributed by atoms with Crippen LogP contribution in [0.15, 0.2) is 0 Å². The Morgan fingerprint density at radius 2 is 1.13 bits per heavy atom. The maximum atomic E-state index is 5.41. The monoisotopic (exact) mass is 218 g/mol. The maximum Gasteiger partial charge on any atom is 0.0590 e.